The SMILES string of the molecule is CCCCCCCCCCCCOC(=O)C[N+](C)(C)CCC[N+](C)(C)CC(=O)OCCCCCCCCCCCC.[Br-].[Br-]. The molecule has 6 nitrogen and oxygen atoms in total. The standard InChI is InChI=1S/C35H72N2O4.2BrH/c1-7-9-11-13-15-17-19-21-23-25-30-40-34(38)32-36(3,4)28-27-29-37(5,6)33-35(39)41-31-26-24-22-20-18-16-14-12-10-8-2;;/h7-33H2,1-6H3;2*1H/q+2;;/p-2. The third-order valence-corrected chi connectivity index (χ3v) is 8.16. The molecule has 8 heteroatoms. The van der Waals surface area contributed by atoms with Gasteiger partial charge in [0.1, 0.15) is 0 Å². The van der Waals surface area contributed by atoms with Crippen LogP contribution in [0, 0.1) is 0 Å². The first-order valence-electron chi connectivity index (χ1n) is 17.6. The molecule has 0 spiro atoms. The van der Waals surface area contributed by atoms with Crippen LogP contribution in [0.15, 0.2) is 0 Å². The van der Waals surface area contributed by atoms with Gasteiger partial charge in [0.05, 0.1) is 54.5 Å². The molecule has 0 aliphatic carbocycles. The van der Waals surface area contributed by atoms with Gasteiger partial charge >= 0.3 is 11.9 Å². The van der Waals surface area contributed by atoms with Crippen molar-refractivity contribution < 1.29 is 62.0 Å². The minimum atomic E-state index is -0.102. The molecule has 0 aromatic carbocycles. The van der Waals surface area contributed by atoms with Crippen LogP contribution in [0.2, 0.25) is 0 Å². The van der Waals surface area contributed by atoms with E-state index in [2.05, 4.69) is 42.0 Å². The van der Waals surface area contributed by atoms with Gasteiger partial charge in [-0.2, -0.15) is 0 Å². The molecule has 0 saturated heterocycles. The van der Waals surface area contributed by atoms with Crippen LogP contribution in [0.4, 0.5) is 0 Å². The summed E-state index contributed by atoms with van der Waals surface area (Å²) >= 11 is 0. The summed E-state index contributed by atoms with van der Waals surface area (Å²) in [6.07, 6.45) is 26.5. The lowest BCUT2D eigenvalue weighted by Gasteiger charge is -2.32. The maximum Gasteiger partial charge on any atom is 0.361 e. The fraction of sp³-hybridized carbons (Fsp3) is 0.943. The summed E-state index contributed by atoms with van der Waals surface area (Å²) in [5, 5.41) is 0. The zero-order chi connectivity index (χ0) is 30.7. The highest BCUT2D eigenvalue weighted by atomic mass is 79.9. The number of ether oxygens (including phenoxy) is 2. The molecule has 0 atom stereocenters. The average Bonchev–Trinajstić information content (AvgIpc) is 2.89. The first-order chi connectivity index (χ1) is 19.6. The number of esters is 2. The van der Waals surface area contributed by atoms with Crippen LogP contribution in [0.5, 0.6) is 0 Å². The normalized spacial score (nSPS) is 11.5. The Kier molecular flexibility index (Phi) is 34.9. The maximum atomic E-state index is 12.4. The van der Waals surface area contributed by atoms with E-state index in [1.165, 1.54) is 103 Å². The summed E-state index contributed by atoms with van der Waals surface area (Å²) in [5.41, 5.74) is 0. The molecule has 0 radical (unpaired) electrons. The molecule has 260 valence electrons. The lowest BCUT2D eigenvalue weighted by atomic mass is 10.1. The Morgan fingerprint density at radius 3 is 0.953 bits per heavy atom. The van der Waals surface area contributed by atoms with E-state index >= 15 is 0 Å². The van der Waals surface area contributed by atoms with Crippen molar-refractivity contribution in [1.82, 2.24) is 0 Å². The Balaban J connectivity index is -0.00000800. The number of likely N-dealkylation sites (N-methyl/N-ethyl adjacent to an activating group) is 2. The molecule has 43 heavy (non-hydrogen) atoms. The molecule has 0 aromatic rings. The van der Waals surface area contributed by atoms with Gasteiger partial charge in [-0.05, 0) is 12.8 Å². The molecule has 0 fully saturated rings. The average molecular weight is 745 g/mol. The lowest BCUT2D eigenvalue weighted by Crippen LogP contribution is -3.00. The molecule has 0 aliphatic rings. The molecule has 0 rings (SSSR count). The molecule has 0 heterocycles. The van der Waals surface area contributed by atoms with Crippen molar-refractivity contribution in [3.05, 3.63) is 0 Å². The number of carbonyl (C=O) groups excluding carboxylic acids is 2. The third-order valence-electron chi connectivity index (χ3n) is 8.16. The minimum absolute atomic E-state index is 0. The molecular weight excluding hydrogens is 672 g/mol. The van der Waals surface area contributed by atoms with Crippen LogP contribution in [0.3, 0.4) is 0 Å². The van der Waals surface area contributed by atoms with Crippen LogP contribution in [-0.4, -0.2) is 88.5 Å². The molecular formula is C35H72Br2N2O4. The molecule has 0 unspecified atom stereocenters. The van der Waals surface area contributed by atoms with Crippen LogP contribution in [0.1, 0.15) is 149 Å². The molecule has 0 bridgehead atoms. The first kappa shape index (κ1) is 47.2. The summed E-state index contributed by atoms with van der Waals surface area (Å²) in [7, 11) is 8.34. The zero-order valence-corrected chi connectivity index (χ0v) is 32.5. The largest absolute Gasteiger partial charge is 1.00 e. The second kappa shape index (κ2) is 31.8. The highest BCUT2D eigenvalue weighted by molar-refractivity contribution is 5.70. The van der Waals surface area contributed by atoms with Crippen molar-refractivity contribution in [2.45, 2.75) is 149 Å². The van der Waals surface area contributed by atoms with E-state index < -0.39 is 0 Å². The van der Waals surface area contributed by atoms with Gasteiger partial charge in [0.25, 0.3) is 0 Å². The Morgan fingerprint density at radius 2 is 0.674 bits per heavy atom. The van der Waals surface area contributed by atoms with Gasteiger partial charge in [-0.1, -0.05) is 129 Å². The molecule has 0 amide bonds. The Labute approximate surface area is 289 Å². The van der Waals surface area contributed by atoms with Crippen molar-refractivity contribution in [3.8, 4) is 0 Å². The lowest BCUT2D eigenvalue weighted by molar-refractivity contribution is -0.902. The summed E-state index contributed by atoms with van der Waals surface area (Å²) in [4.78, 5) is 24.7. The number of rotatable bonds is 30. The maximum absolute atomic E-state index is 12.4. The fourth-order valence-corrected chi connectivity index (χ4v) is 5.43. The van der Waals surface area contributed by atoms with E-state index in [0.717, 1.165) is 45.2 Å². The van der Waals surface area contributed by atoms with E-state index in [1.54, 1.807) is 0 Å². The quantitative estimate of drug-likeness (QED) is 0.0646. The minimum Gasteiger partial charge on any atom is -1.00 e. The van der Waals surface area contributed by atoms with Crippen molar-refractivity contribution in [3.63, 3.8) is 0 Å². The van der Waals surface area contributed by atoms with Gasteiger partial charge in [-0.25, -0.2) is 9.59 Å². The summed E-state index contributed by atoms with van der Waals surface area (Å²) in [6.45, 7) is 8.15. The molecule has 0 saturated carbocycles. The second-order valence-electron chi connectivity index (χ2n) is 13.8. The van der Waals surface area contributed by atoms with Crippen LogP contribution in [-0.2, 0) is 19.1 Å². The zero-order valence-electron chi connectivity index (χ0n) is 29.4. The molecule has 0 aromatic heterocycles. The van der Waals surface area contributed by atoms with Gasteiger partial charge in [0.15, 0.2) is 13.1 Å². The van der Waals surface area contributed by atoms with Crippen molar-refractivity contribution >= 4 is 11.9 Å². The summed E-state index contributed by atoms with van der Waals surface area (Å²) in [5.74, 6) is -0.203. The van der Waals surface area contributed by atoms with E-state index in [4.69, 9.17) is 9.47 Å². The number of hydrogen-bond donors (Lipinski definition) is 0. The van der Waals surface area contributed by atoms with Crippen LogP contribution < -0.4 is 34.0 Å². The highest BCUT2D eigenvalue weighted by Crippen LogP contribution is 2.12. The van der Waals surface area contributed by atoms with E-state index in [-0.39, 0.29) is 45.9 Å². The number of carbonyl (C=O) groups is 2. The highest BCUT2D eigenvalue weighted by Gasteiger charge is 2.25. The topological polar surface area (TPSA) is 52.6 Å². The smallest absolute Gasteiger partial charge is 0.361 e. The number of hydrogen-bond acceptors (Lipinski definition) is 4. The Bertz CT molecular complexity index is 581. The van der Waals surface area contributed by atoms with Gasteiger partial charge < -0.3 is 52.4 Å². The monoisotopic (exact) mass is 742 g/mol. The van der Waals surface area contributed by atoms with Gasteiger partial charge in [0.2, 0.25) is 0 Å². The van der Waals surface area contributed by atoms with Gasteiger partial charge in [-0.3, -0.25) is 0 Å². The van der Waals surface area contributed by atoms with E-state index in [0.29, 0.717) is 35.3 Å². The predicted molar refractivity (Wildman–Crippen MR) is 174 cm³/mol. The number of halogens is 2. The molecule has 0 N–H and O–H groups in total. The van der Waals surface area contributed by atoms with Gasteiger partial charge in [-0.15, -0.1) is 0 Å². The van der Waals surface area contributed by atoms with Crippen LogP contribution >= 0.6 is 0 Å². The van der Waals surface area contributed by atoms with E-state index in [9.17, 15) is 9.59 Å². The second-order valence-corrected chi connectivity index (χ2v) is 13.8. The third kappa shape index (κ3) is 34.5. The Hall–Kier alpha value is -0.180. The van der Waals surface area contributed by atoms with Crippen LogP contribution in [0.25, 0.3) is 0 Å². The summed E-state index contributed by atoms with van der Waals surface area (Å²) in [6, 6.07) is 0. The summed E-state index contributed by atoms with van der Waals surface area (Å²) < 4.78 is 12.3. The predicted octanol–water partition coefficient (Wildman–Crippen LogP) is 2.47. The Morgan fingerprint density at radius 1 is 0.419 bits per heavy atom. The number of nitrogens with zero attached hydrogens (tertiary/aromatic N) is 2. The van der Waals surface area contributed by atoms with Crippen molar-refractivity contribution in [2.24, 2.45) is 0 Å². The fourth-order valence-electron chi connectivity index (χ4n) is 5.43. The van der Waals surface area contributed by atoms with E-state index in [1.807, 2.05) is 0 Å². The van der Waals surface area contributed by atoms with Crippen molar-refractivity contribution in [1.29, 1.82) is 0 Å². The molecule has 0 aliphatic heterocycles. The first-order valence-corrected chi connectivity index (χ1v) is 17.6. The number of quaternary nitrogens is 2. The van der Waals surface area contributed by atoms with Gasteiger partial charge in [0, 0.05) is 6.42 Å². The van der Waals surface area contributed by atoms with Crippen molar-refractivity contribution in [2.75, 3.05) is 67.6 Å². The number of unbranched alkanes of at least 4 members (excludes halogenated alkanes) is 18.